The number of amides is 2. The molecule has 1 aromatic carbocycles. The number of hydrogen-bond donors (Lipinski definition) is 1. The van der Waals surface area contributed by atoms with E-state index in [-0.39, 0.29) is 23.9 Å². The van der Waals surface area contributed by atoms with E-state index in [0.717, 1.165) is 17.8 Å². The third-order valence-corrected chi connectivity index (χ3v) is 6.62. The molecule has 1 N–H and O–H groups in total. The van der Waals surface area contributed by atoms with Crippen LogP contribution in [0.2, 0.25) is 0 Å². The van der Waals surface area contributed by atoms with E-state index >= 15 is 0 Å². The number of carbonyl (C=O) groups excluding carboxylic acids is 2. The van der Waals surface area contributed by atoms with Crippen LogP contribution in [0.5, 0.6) is 0 Å². The quantitative estimate of drug-likeness (QED) is 0.727. The van der Waals surface area contributed by atoms with Crippen LogP contribution in [0, 0.1) is 6.92 Å². The molecule has 2 aliphatic rings. The van der Waals surface area contributed by atoms with Crippen molar-refractivity contribution in [1.82, 2.24) is 19.8 Å². The van der Waals surface area contributed by atoms with Gasteiger partial charge in [0, 0.05) is 44.7 Å². The van der Waals surface area contributed by atoms with Gasteiger partial charge in [-0.1, -0.05) is 36.8 Å². The number of aromatic nitrogens is 2. The van der Waals surface area contributed by atoms with Crippen LogP contribution in [-0.4, -0.2) is 63.8 Å². The highest BCUT2D eigenvalue weighted by atomic mass is 16.2. The monoisotopic (exact) mass is 450 g/mol. The Morgan fingerprint density at radius 1 is 1.09 bits per heavy atom. The van der Waals surface area contributed by atoms with Crippen molar-refractivity contribution in [3.05, 3.63) is 46.6 Å². The van der Waals surface area contributed by atoms with E-state index in [1.807, 2.05) is 23.6 Å². The SMILES string of the molecule is CCC(Nc1nc(N2CCN(C(C)=O)CC2)nc2c1CN(C(C)C)C2=O)c1ccc(C)cc1. The van der Waals surface area contributed by atoms with Crippen molar-refractivity contribution in [3.8, 4) is 0 Å². The Morgan fingerprint density at radius 2 is 1.76 bits per heavy atom. The van der Waals surface area contributed by atoms with Crippen LogP contribution in [0.4, 0.5) is 11.8 Å². The number of aryl methyl sites for hydroxylation is 1. The molecule has 1 unspecified atom stereocenters. The van der Waals surface area contributed by atoms with Crippen LogP contribution in [0.25, 0.3) is 0 Å². The topological polar surface area (TPSA) is 81.7 Å². The molecule has 0 radical (unpaired) electrons. The lowest BCUT2D eigenvalue weighted by Crippen LogP contribution is -2.48. The first-order valence-electron chi connectivity index (χ1n) is 11.8. The lowest BCUT2D eigenvalue weighted by molar-refractivity contribution is -0.129. The van der Waals surface area contributed by atoms with Crippen molar-refractivity contribution in [2.75, 3.05) is 36.4 Å². The zero-order valence-corrected chi connectivity index (χ0v) is 20.3. The zero-order chi connectivity index (χ0) is 23.7. The summed E-state index contributed by atoms with van der Waals surface area (Å²) in [6, 6.07) is 8.69. The van der Waals surface area contributed by atoms with Gasteiger partial charge in [0.05, 0.1) is 12.6 Å². The summed E-state index contributed by atoms with van der Waals surface area (Å²) in [6.07, 6.45) is 0.885. The van der Waals surface area contributed by atoms with Gasteiger partial charge in [-0.3, -0.25) is 9.59 Å². The highest BCUT2D eigenvalue weighted by Crippen LogP contribution is 2.33. The number of nitrogens with one attached hydrogen (secondary N) is 1. The number of nitrogens with zero attached hydrogens (tertiary/aromatic N) is 5. The normalized spacial score (nSPS) is 16.9. The smallest absolute Gasteiger partial charge is 0.273 e. The summed E-state index contributed by atoms with van der Waals surface area (Å²) in [4.78, 5) is 40.3. The fourth-order valence-corrected chi connectivity index (χ4v) is 4.46. The molecular formula is C25H34N6O2. The Balaban J connectivity index is 1.68. The van der Waals surface area contributed by atoms with Gasteiger partial charge in [-0.05, 0) is 32.8 Å². The molecule has 0 spiro atoms. The van der Waals surface area contributed by atoms with Gasteiger partial charge >= 0.3 is 0 Å². The number of carbonyl (C=O) groups is 2. The highest BCUT2D eigenvalue weighted by Gasteiger charge is 2.35. The lowest BCUT2D eigenvalue weighted by atomic mass is 10.0. The molecule has 0 saturated carbocycles. The Labute approximate surface area is 196 Å². The number of rotatable bonds is 6. The van der Waals surface area contributed by atoms with Gasteiger partial charge in [0.25, 0.3) is 5.91 Å². The van der Waals surface area contributed by atoms with Crippen LogP contribution in [0.3, 0.4) is 0 Å². The maximum Gasteiger partial charge on any atom is 0.273 e. The van der Waals surface area contributed by atoms with Crippen LogP contribution in [-0.2, 0) is 11.3 Å². The Bertz CT molecular complexity index is 1030. The van der Waals surface area contributed by atoms with Gasteiger partial charge in [-0.25, -0.2) is 4.98 Å². The minimum absolute atomic E-state index is 0.0440. The fourth-order valence-electron chi connectivity index (χ4n) is 4.46. The molecule has 33 heavy (non-hydrogen) atoms. The summed E-state index contributed by atoms with van der Waals surface area (Å²) < 4.78 is 0. The van der Waals surface area contributed by atoms with E-state index in [0.29, 0.717) is 44.4 Å². The predicted molar refractivity (Wildman–Crippen MR) is 129 cm³/mol. The van der Waals surface area contributed by atoms with E-state index in [2.05, 4.69) is 48.3 Å². The highest BCUT2D eigenvalue weighted by molar-refractivity contribution is 5.98. The number of anilines is 2. The minimum Gasteiger partial charge on any atom is -0.363 e. The molecule has 176 valence electrons. The van der Waals surface area contributed by atoms with Crippen molar-refractivity contribution in [1.29, 1.82) is 0 Å². The first kappa shape index (κ1) is 23.0. The van der Waals surface area contributed by atoms with E-state index < -0.39 is 0 Å². The molecule has 1 aromatic heterocycles. The molecule has 0 bridgehead atoms. The summed E-state index contributed by atoms with van der Waals surface area (Å²) in [5, 5.41) is 3.63. The molecule has 4 rings (SSSR count). The van der Waals surface area contributed by atoms with Gasteiger partial charge in [-0.15, -0.1) is 0 Å². The van der Waals surface area contributed by atoms with E-state index in [4.69, 9.17) is 9.97 Å². The first-order chi connectivity index (χ1) is 15.8. The second-order valence-electron chi connectivity index (χ2n) is 9.24. The Hall–Kier alpha value is -3.16. The van der Waals surface area contributed by atoms with Crippen LogP contribution >= 0.6 is 0 Å². The van der Waals surface area contributed by atoms with Gasteiger partial charge in [0.15, 0.2) is 0 Å². The predicted octanol–water partition coefficient (Wildman–Crippen LogP) is 3.38. The maximum atomic E-state index is 13.2. The van der Waals surface area contributed by atoms with Crippen molar-refractivity contribution < 1.29 is 9.59 Å². The van der Waals surface area contributed by atoms with E-state index in [1.54, 1.807) is 6.92 Å². The van der Waals surface area contributed by atoms with Gasteiger partial charge < -0.3 is 20.0 Å². The lowest BCUT2D eigenvalue weighted by Gasteiger charge is -2.34. The third-order valence-electron chi connectivity index (χ3n) is 6.62. The van der Waals surface area contributed by atoms with Crippen LogP contribution < -0.4 is 10.2 Å². The largest absolute Gasteiger partial charge is 0.363 e. The van der Waals surface area contributed by atoms with Crippen LogP contribution in [0.15, 0.2) is 24.3 Å². The van der Waals surface area contributed by atoms with Crippen molar-refractivity contribution in [2.24, 2.45) is 0 Å². The van der Waals surface area contributed by atoms with Gasteiger partial charge in [0.1, 0.15) is 11.5 Å². The number of fused-ring (bicyclic) bond motifs is 1. The number of hydrogen-bond acceptors (Lipinski definition) is 6. The molecule has 1 atom stereocenters. The first-order valence-corrected chi connectivity index (χ1v) is 11.8. The molecule has 1 fully saturated rings. The second-order valence-corrected chi connectivity index (χ2v) is 9.24. The summed E-state index contributed by atoms with van der Waals surface area (Å²) in [7, 11) is 0. The average molecular weight is 451 g/mol. The average Bonchev–Trinajstić information content (AvgIpc) is 3.15. The number of piperazine rings is 1. The van der Waals surface area contributed by atoms with E-state index in [9.17, 15) is 9.59 Å². The zero-order valence-electron chi connectivity index (χ0n) is 20.3. The van der Waals surface area contributed by atoms with Crippen LogP contribution in [0.1, 0.15) is 67.3 Å². The summed E-state index contributed by atoms with van der Waals surface area (Å²) in [6.45, 7) is 12.9. The van der Waals surface area contributed by atoms with Crippen molar-refractivity contribution in [2.45, 2.75) is 59.7 Å². The maximum absolute atomic E-state index is 13.2. The standard InChI is InChI=1S/C25H34N6O2/c1-6-21(19-9-7-17(4)8-10-19)26-23-20-15-31(16(2)3)24(33)22(20)27-25(28-23)30-13-11-29(12-14-30)18(5)32/h7-10,16,21H,6,11-15H2,1-5H3,(H,26,27,28). The summed E-state index contributed by atoms with van der Waals surface area (Å²) >= 11 is 0. The van der Waals surface area contributed by atoms with Crippen molar-refractivity contribution in [3.63, 3.8) is 0 Å². The molecule has 8 heteroatoms. The molecule has 1 saturated heterocycles. The Morgan fingerprint density at radius 3 is 2.33 bits per heavy atom. The van der Waals surface area contributed by atoms with Gasteiger partial charge in [-0.2, -0.15) is 4.98 Å². The molecule has 3 heterocycles. The minimum atomic E-state index is -0.0440. The molecule has 2 aliphatic heterocycles. The van der Waals surface area contributed by atoms with E-state index in [1.165, 1.54) is 11.1 Å². The van der Waals surface area contributed by atoms with Gasteiger partial charge in [0.2, 0.25) is 11.9 Å². The Kier molecular flexibility index (Phi) is 6.54. The molecule has 2 aromatic rings. The molecular weight excluding hydrogens is 416 g/mol. The third kappa shape index (κ3) is 4.65. The fraction of sp³-hybridized carbons (Fsp3) is 0.520. The summed E-state index contributed by atoms with van der Waals surface area (Å²) in [5.74, 6) is 1.32. The molecule has 8 nitrogen and oxygen atoms in total. The number of benzene rings is 1. The molecule has 0 aliphatic carbocycles. The molecule has 2 amide bonds. The van der Waals surface area contributed by atoms with Crippen molar-refractivity contribution >= 4 is 23.6 Å². The second kappa shape index (κ2) is 9.37. The summed E-state index contributed by atoms with van der Waals surface area (Å²) in [5.41, 5.74) is 3.77.